The molecule has 0 saturated carbocycles. The first kappa shape index (κ1) is 14.5. The van der Waals surface area contributed by atoms with Gasteiger partial charge in [-0.1, -0.05) is 18.2 Å². The van der Waals surface area contributed by atoms with Crippen LogP contribution in [0.25, 0.3) is 0 Å². The lowest BCUT2D eigenvalue weighted by molar-refractivity contribution is 0.334. The van der Waals surface area contributed by atoms with E-state index < -0.39 is 0 Å². The first-order chi connectivity index (χ1) is 9.17. The van der Waals surface area contributed by atoms with Gasteiger partial charge in [-0.25, -0.2) is 5.43 Å². The Kier molecular flexibility index (Phi) is 4.99. The van der Waals surface area contributed by atoms with E-state index in [9.17, 15) is 0 Å². The molecule has 0 fully saturated rings. The van der Waals surface area contributed by atoms with Crippen molar-refractivity contribution >= 4 is 27.3 Å². The minimum Gasteiger partial charge on any atom is -0.494 e. The lowest BCUT2D eigenvalue weighted by atomic mass is 10.0. The largest absolute Gasteiger partial charge is 0.494 e. The second kappa shape index (κ2) is 6.52. The van der Waals surface area contributed by atoms with Crippen LogP contribution in [0.2, 0.25) is 0 Å². The average molecular weight is 341 g/mol. The van der Waals surface area contributed by atoms with Crippen molar-refractivity contribution in [3.05, 3.63) is 50.1 Å². The Balaban J connectivity index is 2.41. The van der Waals surface area contributed by atoms with Gasteiger partial charge in [0.05, 0.1) is 16.4 Å². The molecule has 2 aromatic rings. The third-order valence-corrected chi connectivity index (χ3v) is 5.06. The number of hydrogen-bond donors (Lipinski definition) is 2. The molecule has 1 atom stereocenters. The third-order valence-electron chi connectivity index (χ3n) is 2.86. The molecular formula is C14H17BrN2OS. The molecule has 1 heterocycles. The van der Waals surface area contributed by atoms with Crippen molar-refractivity contribution in [1.82, 2.24) is 5.43 Å². The highest BCUT2D eigenvalue weighted by atomic mass is 79.9. The van der Waals surface area contributed by atoms with Crippen LogP contribution in [0, 0.1) is 6.92 Å². The van der Waals surface area contributed by atoms with Gasteiger partial charge in [0, 0.05) is 10.4 Å². The van der Waals surface area contributed by atoms with Gasteiger partial charge in [-0.05, 0) is 47.5 Å². The molecule has 1 aromatic heterocycles. The van der Waals surface area contributed by atoms with E-state index in [1.807, 2.05) is 31.2 Å². The molecule has 1 unspecified atom stereocenters. The van der Waals surface area contributed by atoms with Crippen LogP contribution in [0.5, 0.6) is 5.75 Å². The van der Waals surface area contributed by atoms with Crippen molar-refractivity contribution in [2.45, 2.75) is 19.9 Å². The van der Waals surface area contributed by atoms with Crippen LogP contribution in [0.1, 0.15) is 29.0 Å². The Labute approximate surface area is 125 Å². The summed E-state index contributed by atoms with van der Waals surface area (Å²) in [6.07, 6.45) is 0. The number of nitrogens with one attached hydrogen (secondary N) is 1. The number of ether oxygens (including phenoxy) is 1. The molecule has 5 heteroatoms. The van der Waals surface area contributed by atoms with E-state index in [1.165, 1.54) is 10.4 Å². The monoisotopic (exact) mass is 340 g/mol. The molecule has 0 saturated heterocycles. The fourth-order valence-corrected chi connectivity index (χ4v) is 3.61. The Morgan fingerprint density at radius 1 is 1.42 bits per heavy atom. The molecule has 3 N–H and O–H groups in total. The topological polar surface area (TPSA) is 47.3 Å². The van der Waals surface area contributed by atoms with Gasteiger partial charge in [-0.2, -0.15) is 0 Å². The van der Waals surface area contributed by atoms with E-state index in [1.54, 1.807) is 11.3 Å². The number of rotatable bonds is 5. The summed E-state index contributed by atoms with van der Waals surface area (Å²) < 4.78 is 6.81. The van der Waals surface area contributed by atoms with Crippen molar-refractivity contribution in [2.24, 2.45) is 5.84 Å². The van der Waals surface area contributed by atoms with Gasteiger partial charge in [-0.3, -0.25) is 5.84 Å². The predicted octanol–water partition coefficient (Wildman–Crippen LogP) is 3.77. The molecule has 0 aliphatic heterocycles. The molecule has 1 aromatic carbocycles. The normalized spacial score (nSPS) is 12.4. The molecule has 0 spiro atoms. The highest BCUT2D eigenvalue weighted by Crippen LogP contribution is 2.36. The third kappa shape index (κ3) is 3.17. The summed E-state index contributed by atoms with van der Waals surface area (Å²) in [5.41, 5.74) is 5.16. The maximum atomic E-state index is 5.75. The quantitative estimate of drug-likeness (QED) is 0.643. The molecule has 0 amide bonds. The van der Waals surface area contributed by atoms with Crippen molar-refractivity contribution in [1.29, 1.82) is 0 Å². The fourth-order valence-electron chi connectivity index (χ4n) is 1.96. The summed E-state index contributed by atoms with van der Waals surface area (Å²) in [5.74, 6) is 6.62. The molecule has 0 radical (unpaired) electrons. The zero-order valence-electron chi connectivity index (χ0n) is 10.9. The predicted molar refractivity (Wildman–Crippen MR) is 83.5 cm³/mol. The van der Waals surface area contributed by atoms with Gasteiger partial charge < -0.3 is 4.74 Å². The number of hydrazine groups is 1. The van der Waals surface area contributed by atoms with Crippen molar-refractivity contribution in [3.63, 3.8) is 0 Å². The van der Waals surface area contributed by atoms with E-state index >= 15 is 0 Å². The fraction of sp³-hybridized carbons (Fsp3) is 0.286. The summed E-state index contributed by atoms with van der Waals surface area (Å²) >= 11 is 5.24. The number of para-hydroxylation sites is 1. The Morgan fingerprint density at radius 3 is 2.74 bits per heavy atom. The number of aryl methyl sites for hydroxylation is 1. The first-order valence-electron chi connectivity index (χ1n) is 6.11. The van der Waals surface area contributed by atoms with Gasteiger partial charge in [-0.15, -0.1) is 11.3 Å². The lowest BCUT2D eigenvalue weighted by Crippen LogP contribution is -2.28. The minimum atomic E-state index is -0.0576. The Bertz CT molecular complexity index is 537. The molecule has 0 aliphatic rings. The summed E-state index contributed by atoms with van der Waals surface area (Å²) in [4.78, 5) is 1.17. The van der Waals surface area contributed by atoms with Gasteiger partial charge in [0.2, 0.25) is 0 Å². The summed E-state index contributed by atoms with van der Waals surface area (Å²) in [7, 11) is 0. The SMILES string of the molecule is CCOc1ccccc1C(NN)c1cc(C)c(Br)s1. The zero-order valence-corrected chi connectivity index (χ0v) is 13.3. The molecule has 0 bridgehead atoms. The number of hydrogen-bond acceptors (Lipinski definition) is 4. The number of thiophene rings is 1. The van der Waals surface area contributed by atoms with E-state index in [0.29, 0.717) is 6.61 Å². The summed E-state index contributed by atoms with van der Waals surface area (Å²) in [6, 6.07) is 10.1. The van der Waals surface area contributed by atoms with Gasteiger partial charge in [0.15, 0.2) is 0 Å². The van der Waals surface area contributed by atoms with Crippen LogP contribution in [-0.4, -0.2) is 6.61 Å². The molecule has 3 nitrogen and oxygen atoms in total. The number of nitrogens with two attached hydrogens (primary N) is 1. The molecule has 2 rings (SSSR count). The highest BCUT2D eigenvalue weighted by molar-refractivity contribution is 9.11. The number of halogens is 1. The highest BCUT2D eigenvalue weighted by Gasteiger charge is 2.19. The molecule has 102 valence electrons. The van der Waals surface area contributed by atoms with Crippen LogP contribution in [0.4, 0.5) is 0 Å². The van der Waals surface area contributed by atoms with Crippen LogP contribution in [0.15, 0.2) is 34.1 Å². The zero-order chi connectivity index (χ0) is 13.8. The second-order valence-electron chi connectivity index (χ2n) is 4.18. The van der Waals surface area contributed by atoms with E-state index in [4.69, 9.17) is 10.6 Å². The van der Waals surface area contributed by atoms with Crippen LogP contribution < -0.4 is 16.0 Å². The smallest absolute Gasteiger partial charge is 0.124 e. The van der Waals surface area contributed by atoms with Crippen molar-refractivity contribution < 1.29 is 4.74 Å². The maximum Gasteiger partial charge on any atom is 0.124 e. The van der Waals surface area contributed by atoms with Gasteiger partial charge in [0.1, 0.15) is 5.75 Å². The van der Waals surface area contributed by atoms with Crippen LogP contribution in [0.3, 0.4) is 0 Å². The van der Waals surface area contributed by atoms with Crippen LogP contribution >= 0.6 is 27.3 Å². The van der Waals surface area contributed by atoms with Crippen LogP contribution in [-0.2, 0) is 0 Å². The Hall–Kier alpha value is -0.880. The minimum absolute atomic E-state index is 0.0576. The van der Waals surface area contributed by atoms with E-state index in [0.717, 1.165) is 15.1 Å². The van der Waals surface area contributed by atoms with E-state index in [2.05, 4.69) is 34.3 Å². The molecule has 0 aliphatic carbocycles. The average Bonchev–Trinajstić information content (AvgIpc) is 2.73. The Morgan fingerprint density at radius 2 is 2.16 bits per heavy atom. The maximum absolute atomic E-state index is 5.75. The van der Waals surface area contributed by atoms with Gasteiger partial charge >= 0.3 is 0 Å². The second-order valence-corrected chi connectivity index (χ2v) is 6.58. The van der Waals surface area contributed by atoms with Gasteiger partial charge in [0.25, 0.3) is 0 Å². The molecule has 19 heavy (non-hydrogen) atoms. The summed E-state index contributed by atoms with van der Waals surface area (Å²) in [5, 5.41) is 0. The van der Waals surface area contributed by atoms with Crippen molar-refractivity contribution in [3.8, 4) is 5.75 Å². The van der Waals surface area contributed by atoms with E-state index in [-0.39, 0.29) is 6.04 Å². The standard InChI is InChI=1S/C14H17BrN2OS/c1-3-18-11-7-5-4-6-10(11)13(17-16)12-8-9(2)14(15)19-12/h4-8,13,17H,3,16H2,1-2H3. The summed E-state index contributed by atoms with van der Waals surface area (Å²) in [6.45, 7) is 4.70. The van der Waals surface area contributed by atoms with Crippen molar-refractivity contribution in [2.75, 3.05) is 6.61 Å². The lowest BCUT2D eigenvalue weighted by Gasteiger charge is -2.18. The molecular weight excluding hydrogens is 324 g/mol. The number of benzene rings is 1. The first-order valence-corrected chi connectivity index (χ1v) is 7.72.